The van der Waals surface area contributed by atoms with Crippen molar-refractivity contribution in [1.82, 2.24) is 10.2 Å². The zero-order valence-electron chi connectivity index (χ0n) is 19.1. The number of ether oxygens (including phenoxy) is 2. The van der Waals surface area contributed by atoms with Gasteiger partial charge in [0.1, 0.15) is 17.4 Å². The Morgan fingerprint density at radius 2 is 1.97 bits per heavy atom. The van der Waals surface area contributed by atoms with Crippen LogP contribution in [0.1, 0.15) is 17.5 Å². The Kier molecular flexibility index (Phi) is 10.1. The number of carbonyl (C=O) groups excluding carboxylic acids is 1. The number of nitrogens with zero attached hydrogens (tertiary/aromatic N) is 2. The highest BCUT2D eigenvalue weighted by atomic mass is 16.5. The van der Waals surface area contributed by atoms with Crippen molar-refractivity contribution in [2.45, 2.75) is 18.8 Å². The number of morpholine rings is 1. The van der Waals surface area contributed by atoms with Crippen LogP contribution in [0.3, 0.4) is 0 Å². The normalized spacial score (nSPS) is 14.9. The van der Waals surface area contributed by atoms with Gasteiger partial charge in [0.05, 0.1) is 19.8 Å². The molecule has 0 bridgehead atoms. The zero-order chi connectivity index (χ0) is 24.2. The fraction of sp³-hybridized carbons (Fsp3) is 0.360. The molecule has 0 aliphatic carbocycles. The molecule has 1 aliphatic heterocycles. The molecule has 0 unspecified atom stereocenters. The van der Waals surface area contributed by atoms with Crippen molar-refractivity contribution < 1.29 is 24.3 Å². The van der Waals surface area contributed by atoms with E-state index in [0.29, 0.717) is 63.6 Å². The average Bonchev–Trinajstić information content (AvgIpc) is 2.87. The first-order valence-electron chi connectivity index (χ1n) is 11.4. The topological polar surface area (TPSA) is 115 Å². The lowest BCUT2D eigenvalue weighted by molar-refractivity contribution is -0.130. The first kappa shape index (κ1) is 25.5. The summed E-state index contributed by atoms with van der Waals surface area (Å²) < 4.78 is 11.1. The number of amides is 1. The summed E-state index contributed by atoms with van der Waals surface area (Å²) >= 11 is 0. The van der Waals surface area contributed by atoms with Crippen molar-refractivity contribution in [2.24, 2.45) is 0 Å². The third kappa shape index (κ3) is 8.01. The summed E-state index contributed by atoms with van der Waals surface area (Å²) in [5.74, 6) is -0.128. The van der Waals surface area contributed by atoms with E-state index in [-0.39, 0.29) is 11.5 Å². The van der Waals surface area contributed by atoms with Crippen molar-refractivity contribution in [3.8, 4) is 11.8 Å². The van der Waals surface area contributed by atoms with Gasteiger partial charge in [-0.25, -0.2) is 0 Å². The van der Waals surface area contributed by atoms with Crippen molar-refractivity contribution in [3.63, 3.8) is 0 Å². The molecule has 178 valence electrons. The number of rotatable bonds is 11. The van der Waals surface area contributed by atoms with E-state index in [1.54, 1.807) is 17.0 Å². The minimum Gasteiger partial charge on any atom is -0.494 e. The second kappa shape index (κ2) is 13.5. The quantitative estimate of drug-likeness (QED) is 0.200. The zero-order valence-corrected chi connectivity index (χ0v) is 19.1. The first-order valence-corrected chi connectivity index (χ1v) is 11.4. The van der Waals surface area contributed by atoms with Crippen molar-refractivity contribution in [3.05, 3.63) is 71.3 Å². The number of nitrogens with one attached hydrogen (secondary N) is 1. The fourth-order valence-electron chi connectivity index (χ4n) is 3.64. The average molecular weight is 463 g/mol. The Morgan fingerprint density at radius 3 is 2.68 bits per heavy atom. The van der Waals surface area contributed by atoms with Crippen LogP contribution in [-0.4, -0.2) is 73.4 Å². The van der Waals surface area contributed by atoms with Gasteiger partial charge in [0.2, 0.25) is 0 Å². The summed E-state index contributed by atoms with van der Waals surface area (Å²) in [5, 5.41) is 31.9. The van der Waals surface area contributed by atoms with Crippen molar-refractivity contribution in [2.75, 3.05) is 39.5 Å². The second-order valence-corrected chi connectivity index (χ2v) is 8.01. The van der Waals surface area contributed by atoms with Gasteiger partial charge >= 0.3 is 7.12 Å². The molecular formula is C25H30BN3O5. The maximum atomic E-state index is 12.6. The number of nitriles is 1. The Hall–Kier alpha value is -3.16. The van der Waals surface area contributed by atoms with Crippen LogP contribution < -0.4 is 10.1 Å². The Morgan fingerprint density at radius 1 is 1.21 bits per heavy atom. The van der Waals surface area contributed by atoms with Crippen LogP contribution in [0, 0.1) is 11.3 Å². The van der Waals surface area contributed by atoms with Crippen molar-refractivity contribution in [1.29, 1.82) is 5.26 Å². The molecule has 1 fully saturated rings. The Balaban J connectivity index is 1.48. The van der Waals surface area contributed by atoms with Crippen LogP contribution in [0.2, 0.25) is 0 Å². The summed E-state index contributed by atoms with van der Waals surface area (Å²) in [6.45, 7) is 2.90. The Bertz CT molecular complexity index is 988. The highest BCUT2D eigenvalue weighted by molar-refractivity contribution is 6.43. The van der Waals surface area contributed by atoms with Crippen LogP contribution in [0.15, 0.2) is 60.2 Å². The predicted octanol–water partition coefficient (Wildman–Crippen LogP) is 1.43. The molecule has 1 heterocycles. The number of hydrogen-bond donors (Lipinski definition) is 3. The van der Waals surface area contributed by atoms with E-state index in [0.717, 1.165) is 5.56 Å². The minimum absolute atomic E-state index is 0.0790. The van der Waals surface area contributed by atoms with E-state index in [1.807, 2.05) is 54.6 Å². The van der Waals surface area contributed by atoms with Gasteiger partial charge in [-0.3, -0.25) is 4.79 Å². The van der Waals surface area contributed by atoms with Gasteiger partial charge in [-0.2, -0.15) is 5.26 Å². The van der Waals surface area contributed by atoms with E-state index in [1.165, 1.54) is 0 Å². The van der Waals surface area contributed by atoms with Crippen LogP contribution >= 0.6 is 0 Å². The highest BCUT2D eigenvalue weighted by Gasteiger charge is 2.23. The highest BCUT2D eigenvalue weighted by Crippen LogP contribution is 2.17. The van der Waals surface area contributed by atoms with Gasteiger partial charge in [0.25, 0.3) is 5.91 Å². The molecule has 3 N–H and O–H groups in total. The summed E-state index contributed by atoms with van der Waals surface area (Å²) in [6, 6.07) is 18.9. The molecule has 1 atom stereocenters. The molecule has 0 saturated carbocycles. The fourth-order valence-corrected chi connectivity index (χ4v) is 3.64. The molecule has 1 aliphatic rings. The van der Waals surface area contributed by atoms with Crippen LogP contribution in [0.25, 0.3) is 6.08 Å². The van der Waals surface area contributed by atoms with E-state index >= 15 is 0 Å². The van der Waals surface area contributed by atoms with Crippen LogP contribution in [0.5, 0.6) is 5.75 Å². The van der Waals surface area contributed by atoms with Gasteiger partial charge in [0.15, 0.2) is 0 Å². The molecule has 0 spiro atoms. The molecule has 2 aromatic carbocycles. The molecule has 34 heavy (non-hydrogen) atoms. The Labute approximate surface area is 200 Å². The van der Waals surface area contributed by atoms with Gasteiger partial charge in [-0.1, -0.05) is 42.5 Å². The maximum Gasteiger partial charge on any atom is 0.469 e. The summed E-state index contributed by atoms with van der Waals surface area (Å²) in [7, 11) is -1.46. The third-order valence-corrected chi connectivity index (χ3v) is 5.47. The molecule has 1 saturated heterocycles. The van der Waals surface area contributed by atoms with Gasteiger partial charge < -0.3 is 29.7 Å². The molecule has 0 radical (unpaired) electrons. The molecule has 8 nitrogen and oxygen atoms in total. The van der Waals surface area contributed by atoms with Crippen LogP contribution in [-0.2, 0) is 16.0 Å². The van der Waals surface area contributed by atoms with E-state index in [2.05, 4.69) is 5.32 Å². The van der Waals surface area contributed by atoms with Crippen LogP contribution in [0.4, 0.5) is 0 Å². The smallest absolute Gasteiger partial charge is 0.469 e. The van der Waals surface area contributed by atoms with E-state index < -0.39 is 13.1 Å². The van der Waals surface area contributed by atoms with Gasteiger partial charge in [0, 0.05) is 19.0 Å². The van der Waals surface area contributed by atoms with Crippen molar-refractivity contribution >= 4 is 19.1 Å². The lowest BCUT2D eigenvalue weighted by Gasteiger charge is -2.26. The summed E-state index contributed by atoms with van der Waals surface area (Å²) in [4.78, 5) is 14.2. The minimum atomic E-state index is -1.46. The van der Waals surface area contributed by atoms with Gasteiger partial charge in [-0.15, -0.1) is 0 Å². The first-order chi connectivity index (χ1) is 16.6. The number of benzene rings is 2. The molecule has 3 rings (SSSR count). The summed E-state index contributed by atoms with van der Waals surface area (Å²) in [6.07, 6.45) is 2.75. The number of hydrogen-bond acceptors (Lipinski definition) is 7. The monoisotopic (exact) mass is 463 g/mol. The number of carbonyl (C=O) groups is 1. The maximum absolute atomic E-state index is 12.6. The summed E-state index contributed by atoms with van der Waals surface area (Å²) in [5.41, 5.74) is 1.81. The van der Waals surface area contributed by atoms with Gasteiger partial charge in [-0.05, 0) is 48.7 Å². The SMILES string of the molecule is N#CC(=Cc1cccc(OCCCN[C@@H](Cc2ccccc2)B(O)O)c1)C(=O)N1CCOCC1. The van der Waals surface area contributed by atoms with E-state index in [9.17, 15) is 20.1 Å². The standard InChI is InChI=1S/C25H30BN3O5/c27-19-22(25(30)29-11-14-33-15-12-29)16-21-8-4-9-23(17-21)34-13-5-10-28-24(26(31)32)18-20-6-2-1-3-7-20/h1-4,6-9,16-17,24,28,31-32H,5,10-15,18H2/t24-/m0/s1. The second-order valence-electron chi connectivity index (χ2n) is 8.01. The molecule has 0 aromatic heterocycles. The predicted molar refractivity (Wildman–Crippen MR) is 130 cm³/mol. The molecular weight excluding hydrogens is 433 g/mol. The lowest BCUT2D eigenvalue weighted by atomic mass is 9.76. The van der Waals surface area contributed by atoms with E-state index in [4.69, 9.17) is 9.47 Å². The third-order valence-electron chi connectivity index (χ3n) is 5.47. The lowest BCUT2D eigenvalue weighted by Crippen LogP contribution is -2.45. The molecule has 1 amide bonds. The molecule has 2 aromatic rings. The largest absolute Gasteiger partial charge is 0.494 e. The molecule has 9 heteroatoms.